The summed E-state index contributed by atoms with van der Waals surface area (Å²) < 4.78 is 20.3. The van der Waals surface area contributed by atoms with Gasteiger partial charge in [-0.15, -0.1) is 0 Å². The van der Waals surface area contributed by atoms with Crippen LogP contribution in [-0.4, -0.2) is 18.9 Å². The molecule has 0 heterocycles. The van der Waals surface area contributed by atoms with Crippen molar-refractivity contribution in [2.75, 3.05) is 0 Å². The molecule has 0 rings (SSSR count). The zero-order chi connectivity index (χ0) is 3.58. The molecule has 0 aromatic carbocycles. The average Bonchev–Trinajstić information content (AvgIpc) is 0.811. The summed E-state index contributed by atoms with van der Waals surface area (Å²) in [6.45, 7) is 2.22. The Kier molecular flexibility index (Phi) is 7.52. The predicted octanol–water partition coefficient (Wildman–Crippen LogP) is 1.02. The number of halogens is 2. The second-order valence-corrected chi connectivity index (χ2v) is 0.339. The van der Waals surface area contributed by atoms with Gasteiger partial charge in [-0.25, -0.2) is 0 Å². The molecule has 1 radical (unpaired) electrons. The van der Waals surface area contributed by atoms with E-state index in [-0.39, 0.29) is 18.9 Å². The minimum Gasteiger partial charge on any atom is -0.174 e. The van der Waals surface area contributed by atoms with Crippen LogP contribution < -0.4 is 0 Å². The third-order valence-corrected chi connectivity index (χ3v) is 0. The van der Waals surface area contributed by atoms with Crippen LogP contribution in [0.25, 0.3) is 0 Å². The van der Waals surface area contributed by atoms with Crippen LogP contribution in [0.2, 0.25) is 0 Å². The van der Waals surface area contributed by atoms with Crippen molar-refractivity contribution in [1.29, 1.82) is 0 Å². The molecule has 0 spiro atoms. The van der Waals surface area contributed by atoms with Crippen molar-refractivity contribution >= 4 is 18.9 Å². The van der Waals surface area contributed by atoms with Crippen LogP contribution in [0.3, 0.4) is 0 Å². The SMILES string of the molecule is C=C(F)F.[Li]. The van der Waals surface area contributed by atoms with Gasteiger partial charge in [-0.1, -0.05) is 0 Å². The fraction of sp³-hybridized carbons (Fsp3) is 0. The number of hydrogen-bond acceptors (Lipinski definition) is 0. The third-order valence-electron chi connectivity index (χ3n) is 0. The van der Waals surface area contributed by atoms with E-state index in [4.69, 9.17) is 0 Å². The maximum atomic E-state index is 10.1. The molecule has 0 fully saturated rings. The first-order valence-electron chi connectivity index (χ1n) is 0.732. The van der Waals surface area contributed by atoms with Gasteiger partial charge in [0.25, 0.3) is 6.08 Å². The van der Waals surface area contributed by atoms with Crippen molar-refractivity contribution in [1.82, 2.24) is 0 Å². The monoisotopic (exact) mass is 71.0 g/mol. The van der Waals surface area contributed by atoms with Gasteiger partial charge in [0.1, 0.15) is 0 Å². The second kappa shape index (κ2) is 4.20. The first kappa shape index (κ1) is 8.96. The maximum Gasteiger partial charge on any atom is 0.263 e. The Labute approximate surface area is 41.0 Å². The van der Waals surface area contributed by atoms with Gasteiger partial charge in [0.2, 0.25) is 0 Å². The summed E-state index contributed by atoms with van der Waals surface area (Å²) in [7, 11) is 0. The summed E-state index contributed by atoms with van der Waals surface area (Å²) in [5.41, 5.74) is 0. The topological polar surface area (TPSA) is 0 Å². The third kappa shape index (κ3) is 520. The van der Waals surface area contributed by atoms with E-state index in [1.807, 2.05) is 0 Å². The van der Waals surface area contributed by atoms with E-state index in [0.717, 1.165) is 0 Å². The Morgan fingerprint density at radius 1 is 1.40 bits per heavy atom. The molecule has 0 N–H and O–H groups in total. The van der Waals surface area contributed by atoms with Gasteiger partial charge < -0.3 is 0 Å². The van der Waals surface area contributed by atoms with Crippen LogP contribution in [0.4, 0.5) is 8.78 Å². The molecule has 0 unspecified atom stereocenters. The van der Waals surface area contributed by atoms with Gasteiger partial charge in [0, 0.05) is 18.9 Å². The fourth-order valence-corrected chi connectivity index (χ4v) is 0. The summed E-state index contributed by atoms with van der Waals surface area (Å²) >= 11 is 0. The van der Waals surface area contributed by atoms with Crippen LogP contribution in [-0.2, 0) is 0 Å². The van der Waals surface area contributed by atoms with Crippen LogP contribution in [0.15, 0.2) is 12.7 Å². The predicted molar refractivity (Wildman–Crippen MR) is 17.1 cm³/mol. The van der Waals surface area contributed by atoms with Gasteiger partial charge in [-0.05, 0) is 6.58 Å². The largest absolute Gasteiger partial charge is 0.263 e. The minimum absolute atomic E-state index is 0. The van der Waals surface area contributed by atoms with E-state index >= 15 is 0 Å². The van der Waals surface area contributed by atoms with E-state index in [9.17, 15) is 8.78 Å². The average molecular weight is 71.0 g/mol. The Bertz CT molecular complexity index is 30.6. The van der Waals surface area contributed by atoms with Crippen LogP contribution in [0.1, 0.15) is 0 Å². The smallest absolute Gasteiger partial charge is 0.174 e. The molecule has 0 aliphatic heterocycles. The molecule has 5 heavy (non-hydrogen) atoms. The summed E-state index contributed by atoms with van der Waals surface area (Å²) in [5.74, 6) is 0. The van der Waals surface area contributed by atoms with E-state index < -0.39 is 6.08 Å². The molecule has 0 aromatic heterocycles. The first-order valence-corrected chi connectivity index (χ1v) is 0.732. The van der Waals surface area contributed by atoms with Crippen LogP contribution in [0.5, 0.6) is 0 Å². The molecular formula is C2H2F2Li. The van der Waals surface area contributed by atoms with Gasteiger partial charge >= 0.3 is 0 Å². The molecule has 0 nitrogen and oxygen atoms in total. The molecule has 0 amide bonds. The van der Waals surface area contributed by atoms with Crippen LogP contribution in [0, 0.1) is 0 Å². The standard InChI is InChI=1S/C2H2F2.Li/c1-2(3)4;/h1H2;. The fourth-order valence-electron chi connectivity index (χ4n) is 0. The Hall–Kier alpha value is 0.197. The van der Waals surface area contributed by atoms with Gasteiger partial charge in [0.15, 0.2) is 0 Å². The minimum atomic E-state index is -1.83. The molecule has 25 valence electrons. The molecule has 0 atom stereocenters. The number of rotatable bonds is 0. The van der Waals surface area contributed by atoms with Gasteiger partial charge in [-0.2, -0.15) is 8.78 Å². The van der Waals surface area contributed by atoms with E-state index in [0.29, 0.717) is 0 Å². The molecule has 0 aromatic rings. The molecule has 0 saturated heterocycles. The molecule has 0 aliphatic carbocycles. The van der Waals surface area contributed by atoms with Crippen molar-refractivity contribution in [3.63, 3.8) is 0 Å². The zero-order valence-electron chi connectivity index (χ0n) is 2.96. The zero-order valence-corrected chi connectivity index (χ0v) is 2.96. The van der Waals surface area contributed by atoms with Crippen molar-refractivity contribution in [3.8, 4) is 0 Å². The Morgan fingerprint density at radius 2 is 1.40 bits per heavy atom. The van der Waals surface area contributed by atoms with Crippen molar-refractivity contribution in [2.24, 2.45) is 0 Å². The summed E-state index contributed by atoms with van der Waals surface area (Å²) in [6, 6.07) is 0. The van der Waals surface area contributed by atoms with Crippen molar-refractivity contribution < 1.29 is 8.78 Å². The molecule has 0 saturated carbocycles. The normalized spacial score (nSPS) is 5.20. The first-order chi connectivity index (χ1) is 1.73. The second-order valence-electron chi connectivity index (χ2n) is 0.339. The van der Waals surface area contributed by atoms with Crippen molar-refractivity contribution in [3.05, 3.63) is 12.7 Å². The summed E-state index contributed by atoms with van der Waals surface area (Å²) in [5, 5.41) is 0. The number of hydrogen-bond donors (Lipinski definition) is 0. The molecule has 0 aliphatic rings. The summed E-state index contributed by atoms with van der Waals surface area (Å²) in [4.78, 5) is 0. The Morgan fingerprint density at radius 3 is 1.40 bits per heavy atom. The van der Waals surface area contributed by atoms with Gasteiger partial charge in [0.05, 0.1) is 0 Å². The Balaban J connectivity index is 0. The van der Waals surface area contributed by atoms with Crippen LogP contribution >= 0.6 is 0 Å². The molecular weight excluding hydrogens is 69.0 g/mol. The van der Waals surface area contributed by atoms with E-state index in [1.54, 1.807) is 0 Å². The summed E-state index contributed by atoms with van der Waals surface area (Å²) in [6.07, 6.45) is -1.83. The molecule has 0 bridgehead atoms. The van der Waals surface area contributed by atoms with Gasteiger partial charge in [-0.3, -0.25) is 0 Å². The van der Waals surface area contributed by atoms with E-state index in [1.165, 1.54) is 0 Å². The molecule has 3 heteroatoms. The van der Waals surface area contributed by atoms with E-state index in [2.05, 4.69) is 6.58 Å². The quantitative estimate of drug-likeness (QED) is 0.374. The maximum absolute atomic E-state index is 10.1. The van der Waals surface area contributed by atoms with Crippen molar-refractivity contribution in [2.45, 2.75) is 0 Å².